The molecule has 0 rings (SSSR count). The molecule has 0 aliphatic carbocycles. The van der Waals surface area contributed by atoms with E-state index in [1.54, 1.807) is 0 Å². The number of carbonyl (C=O) groups is 1. The van der Waals surface area contributed by atoms with E-state index in [9.17, 15) is 0 Å². The van der Waals surface area contributed by atoms with Gasteiger partial charge >= 0.3 is 0 Å². The number of nitrogens with one attached hydrogen (secondary N) is 1. The van der Waals surface area contributed by atoms with Crippen molar-refractivity contribution in [3.8, 4) is 0 Å². The molecule has 0 bridgehead atoms. The van der Waals surface area contributed by atoms with E-state index >= 15 is 0 Å². The van der Waals surface area contributed by atoms with Crippen LogP contribution in [0.5, 0.6) is 0 Å². The van der Waals surface area contributed by atoms with Crippen molar-refractivity contribution in [3.05, 3.63) is 5.73 Å². The van der Waals surface area contributed by atoms with Crippen LogP contribution in [0, 0.1) is 0 Å². The van der Waals surface area contributed by atoms with Crippen molar-refractivity contribution in [2.24, 2.45) is 0 Å². The maximum Gasteiger partial charge on any atom is 0.0344 e. The maximum absolute atomic E-state index is 8.47. The molecule has 0 fully saturated rings. The van der Waals surface area contributed by atoms with Crippen LogP contribution < -0.4 is 0 Å². The third-order valence-corrected chi connectivity index (χ3v) is 0. The Bertz CT molecular complexity index is 15.5. The minimum absolute atomic E-state index is 0. The first-order valence-corrected chi connectivity index (χ1v) is 0.524. The van der Waals surface area contributed by atoms with Crippen molar-refractivity contribution in [2.75, 3.05) is 0 Å². The molecule has 0 aliphatic rings. The van der Waals surface area contributed by atoms with E-state index in [1.165, 1.54) is 0 Å². The van der Waals surface area contributed by atoms with Crippen LogP contribution in [0.2, 0.25) is 0 Å². The summed E-state index contributed by atoms with van der Waals surface area (Å²) in [6.07, 6.45) is 0. The van der Waals surface area contributed by atoms with Gasteiger partial charge in [0.05, 0.1) is 0 Å². The zero-order valence-electron chi connectivity index (χ0n) is 1.93. The zero-order valence-corrected chi connectivity index (χ0v) is 5.15. The van der Waals surface area contributed by atoms with Gasteiger partial charge in [-0.3, -0.25) is 0 Å². The fourth-order valence-electron chi connectivity index (χ4n) is 0. The summed E-state index contributed by atoms with van der Waals surface area (Å²) in [7, 11) is 0. The summed E-state index contributed by atoms with van der Waals surface area (Å²) in [6.45, 7) is 0. The van der Waals surface area contributed by atoms with E-state index in [2.05, 4.69) is 0 Å². The van der Waals surface area contributed by atoms with E-state index in [4.69, 9.17) is 10.5 Å². The Hall–Kier alpha value is 0.210. The van der Waals surface area contributed by atoms with Crippen LogP contribution in [0.15, 0.2) is 0 Å². The summed E-state index contributed by atoms with van der Waals surface area (Å²) < 4.78 is 0. The molecule has 1 radical (unpaired) electrons. The molecule has 2 nitrogen and oxygen atoms in total. The average molecular weight is 225 g/mol. The van der Waals surface area contributed by atoms with Crippen LogP contribution >= 0.6 is 0 Å². The Kier molecular flexibility index (Phi) is 23.8. The molecule has 0 aliphatic heterocycles. The van der Waals surface area contributed by atoms with Gasteiger partial charge in [-0.1, -0.05) is 0 Å². The van der Waals surface area contributed by atoms with E-state index < -0.39 is 0 Å². The van der Waals surface area contributed by atoms with Gasteiger partial charge in [0.2, 0.25) is 0 Å². The largest absolute Gasteiger partial charge is 0.671 e. The molecule has 0 spiro atoms. The number of hydrogen-bond acceptors (Lipinski definition) is 1. The van der Waals surface area contributed by atoms with Gasteiger partial charge in [-0.15, -0.1) is 0 Å². The molecule has 0 aromatic heterocycles. The first kappa shape index (κ1) is 8.88. The van der Waals surface area contributed by atoms with Crippen molar-refractivity contribution in [1.82, 2.24) is 0 Å². The van der Waals surface area contributed by atoms with Gasteiger partial charge in [-0.2, -0.15) is 0 Å². The molecule has 0 aromatic rings. The number of amides is 1. The number of rotatable bonds is 0. The van der Waals surface area contributed by atoms with Crippen LogP contribution in [0.1, 0.15) is 0 Å². The molecule has 23 valence electrons. The average Bonchev–Trinajstić information content (AvgIpc) is 0.918. The standard InChI is InChI=1S/CH3NO.Ta/c2-1-3;/h1H,(H2,2,3);/p-1. The van der Waals surface area contributed by atoms with Gasteiger partial charge in [-0.05, 0) is 0 Å². The Balaban J connectivity index is 0. The van der Waals surface area contributed by atoms with Crippen LogP contribution in [0.25, 0.3) is 5.73 Å². The normalized spacial score (nSPS) is 3.00. The van der Waals surface area contributed by atoms with Gasteiger partial charge in [0, 0.05) is 28.8 Å². The number of hydrogen-bond donors (Lipinski definition) is 0. The van der Waals surface area contributed by atoms with Crippen molar-refractivity contribution in [1.29, 1.82) is 0 Å². The third kappa shape index (κ3) is 73.2. The maximum atomic E-state index is 8.47. The van der Waals surface area contributed by atoms with E-state index in [-0.39, 0.29) is 28.8 Å². The topological polar surface area (TPSA) is 40.9 Å². The fraction of sp³-hybridized carbons (Fsp3) is 0. The molecule has 0 unspecified atom stereocenters. The van der Waals surface area contributed by atoms with E-state index in [0.29, 0.717) is 0 Å². The van der Waals surface area contributed by atoms with Gasteiger partial charge in [0.1, 0.15) is 0 Å². The minimum atomic E-state index is 0. The van der Waals surface area contributed by atoms with Crippen LogP contribution in [-0.4, -0.2) is 6.41 Å². The van der Waals surface area contributed by atoms with Gasteiger partial charge in [-0.25, -0.2) is 0 Å². The quantitative estimate of drug-likeness (QED) is 0.542. The van der Waals surface area contributed by atoms with Gasteiger partial charge < -0.3 is 10.5 Å². The summed E-state index contributed by atoms with van der Waals surface area (Å²) in [5.41, 5.74) is 5.53. The summed E-state index contributed by atoms with van der Waals surface area (Å²) in [4.78, 5) is 8.47. The first-order chi connectivity index (χ1) is 1.41. The van der Waals surface area contributed by atoms with Crippen LogP contribution in [0.4, 0.5) is 0 Å². The molecule has 1 N–H and O–H groups in total. The molecule has 4 heavy (non-hydrogen) atoms. The molecular weight excluding hydrogens is 223 g/mol. The third-order valence-electron chi connectivity index (χ3n) is 0. The summed E-state index contributed by atoms with van der Waals surface area (Å²) in [5.74, 6) is 0. The minimum Gasteiger partial charge on any atom is -0.671 e. The van der Waals surface area contributed by atoms with E-state index in [1.807, 2.05) is 0 Å². The molecule has 3 heteroatoms. The summed E-state index contributed by atoms with van der Waals surface area (Å²) in [6, 6.07) is 0. The van der Waals surface area contributed by atoms with Crippen LogP contribution in [-0.2, 0) is 27.2 Å². The molecule has 0 heterocycles. The fourth-order valence-corrected chi connectivity index (χ4v) is 0. The second kappa shape index (κ2) is 10.7. The molecule has 0 saturated heterocycles. The SMILES string of the molecule is [NH-]C=O.[Ta]. The Morgan fingerprint density at radius 1 is 1.75 bits per heavy atom. The molecular formula is CH2NOTa-. The van der Waals surface area contributed by atoms with Crippen LogP contribution in [0.3, 0.4) is 0 Å². The smallest absolute Gasteiger partial charge is 0.0344 e. The van der Waals surface area contributed by atoms with Gasteiger partial charge in [0.25, 0.3) is 0 Å². The molecule has 0 saturated carbocycles. The molecule has 0 atom stereocenters. The Morgan fingerprint density at radius 3 is 1.75 bits per heavy atom. The monoisotopic (exact) mass is 225 g/mol. The Morgan fingerprint density at radius 2 is 1.75 bits per heavy atom. The molecule has 0 aromatic carbocycles. The van der Waals surface area contributed by atoms with Crippen molar-refractivity contribution < 1.29 is 27.2 Å². The second-order valence-corrected chi connectivity index (χ2v) is 0.118. The molecule has 1 amide bonds. The van der Waals surface area contributed by atoms with Crippen molar-refractivity contribution in [2.45, 2.75) is 0 Å². The number of carbonyl (C=O) groups excluding carboxylic acids is 1. The zero-order chi connectivity index (χ0) is 2.71. The van der Waals surface area contributed by atoms with E-state index in [0.717, 1.165) is 0 Å². The predicted octanol–water partition coefficient (Wildman–Crippen LogP) is 0.193. The van der Waals surface area contributed by atoms with Crippen molar-refractivity contribution >= 4 is 6.41 Å². The summed E-state index contributed by atoms with van der Waals surface area (Å²) in [5, 5.41) is 0. The predicted molar refractivity (Wildman–Crippen MR) is 10.4 cm³/mol. The van der Waals surface area contributed by atoms with Crippen molar-refractivity contribution in [3.63, 3.8) is 0 Å². The second-order valence-electron chi connectivity index (χ2n) is 0.118. The first-order valence-electron chi connectivity index (χ1n) is 0.524. The Labute approximate surface area is 39.9 Å². The van der Waals surface area contributed by atoms with Gasteiger partial charge in [0.15, 0.2) is 0 Å². The summed E-state index contributed by atoms with van der Waals surface area (Å²) >= 11 is 0.